The predicted molar refractivity (Wildman–Crippen MR) is 78.8 cm³/mol. The van der Waals surface area contributed by atoms with Crippen molar-refractivity contribution in [2.24, 2.45) is 0 Å². The van der Waals surface area contributed by atoms with E-state index < -0.39 is 11.9 Å². The van der Waals surface area contributed by atoms with Gasteiger partial charge in [-0.1, -0.05) is 6.92 Å². The van der Waals surface area contributed by atoms with Crippen molar-refractivity contribution in [1.82, 2.24) is 0 Å². The van der Waals surface area contributed by atoms with Crippen LogP contribution in [0.25, 0.3) is 0 Å². The van der Waals surface area contributed by atoms with Crippen LogP contribution in [0.3, 0.4) is 0 Å². The van der Waals surface area contributed by atoms with E-state index in [2.05, 4.69) is 13.8 Å². The maximum atomic E-state index is 10.1. The van der Waals surface area contributed by atoms with Gasteiger partial charge in [0.25, 0.3) is 0 Å². The summed E-state index contributed by atoms with van der Waals surface area (Å²) in [6, 6.07) is 0. The molecule has 0 aromatic rings. The number of carbonyl (C=O) groups is 2. The van der Waals surface area contributed by atoms with E-state index in [0.717, 1.165) is 0 Å². The molecule has 0 aliphatic carbocycles. The fraction of sp³-hybridized carbons (Fsp3) is 0.714. The molecule has 0 heterocycles. The number of hydrogen-bond donors (Lipinski definition) is 2. The zero-order valence-corrected chi connectivity index (χ0v) is 15.1. The van der Waals surface area contributed by atoms with Crippen molar-refractivity contribution in [3.05, 3.63) is 11.6 Å². The van der Waals surface area contributed by atoms with Crippen molar-refractivity contribution < 1.29 is 19.8 Å². The first-order valence-electron chi connectivity index (χ1n) is 6.86. The van der Waals surface area contributed by atoms with Crippen molar-refractivity contribution in [3.63, 3.8) is 0 Å². The standard InChI is InChI=1S/C6H8O4.2C4H9.Sn/c1-2-4(6(9)10)3-5(7)8;2*1-3-4-2;/h3H,2H2,1H3,(H,7,8)(H,9,10);2*1,3-4H2,2H3;. The molecule has 0 aromatic carbocycles. The molecule has 0 spiro atoms. The summed E-state index contributed by atoms with van der Waals surface area (Å²) in [5, 5.41) is 16.4. The Hall–Kier alpha value is -0.521. The summed E-state index contributed by atoms with van der Waals surface area (Å²) < 4.78 is 3.25. The van der Waals surface area contributed by atoms with Gasteiger partial charge in [0.1, 0.15) is 0 Å². The monoisotopic (exact) mass is 378 g/mol. The van der Waals surface area contributed by atoms with Gasteiger partial charge in [0, 0.05) is 11.6 Å². The fourth-order valence-electron chi connectivity index (χ4n) is 1.19. The topological polar surface area (TPSA) is 74.6 Å². The Bertz CT molecular complexity index is 269. The summed E-state index contributed by atoms with van der Waals surface area (Å²) in [5.41, 5.74) is -0.0903. The summed E-state index contributed by atoms with van der Waals surface area (Å²) >= 11 is 0.149. The van der Waals surface area contributed by atoms with Gasteiger partial charge in [-0.05, 0) is 6.42 Å². The Labute approximate surface area is 126 Å². The Morgan fingerprint density at radius 3 is 1.68 bits per heavy atom. The molecule has 0 saturated carbocycles. The predicted octanol–water partition coefficient (Wildman–Crippen LogP) is 3.62. The third-order valence-corrected chi connectivity index (χ3v) is 6.40. The molecule has 19 heavy (non-hydrogen) atoms. The number of rotatable bonds is 9. The first-order chi connectivity index (χ1) is 8.99. The van der Waals surface area contributed by atoms with Crippen LogP contribution in [-0.4, -0.2) is 43.3 Å². The van der Waals surface area contributed by atoms with E-state index >= 15 is 0 Å². The molecule has 0 amide bonds. The summed E-state index contributed by atoms with van der Waals surface area (Å²) in [6.07, 6.45) is 6.76. The molecule has 0 rings (SSSR count). The minimum atomic E-state index is -1.22. The van der Waals surface area contributed by atoms with Gasteiger partial charge in [-0.3, -0.25) is 0 Å². The molecule has 0 aromatic heterocycles. The van der Waals surface area contributed by atoms with Crippen molar-refractivity contribution in [2.45, 2.75) is 61.7 Å². The SMILES string of the molecule is CCC(=CC(=O)O)C(=O)O.CCC[CH2][Sn][CH2]CCC. The number of carboxylic acid groups (broad SMARTS) is 2. The van der Waals surface area contributed by atoms with Crippen molar-refractivity contribution in [2.75, 3.05) is 0 Å². The van der Waals surface area contributed by atoms with E-state index in [-0.39, 0.29) is 33.1 Å². The van der Waals surface area contributed by atoms with Gasteiger partial charge in [-0.25, -0.2) is 9.59 Å². The molecule has 2 N–H and O–H groups in total. The molecule has 4 nitrogen and oxygen atoms in total. The average molecular weight is 377 g/mol. The van der Waals surface area contributed by atoms with Crippen LogP contribution in [-0.2, 0) is 9.59 Å². The van der Waals surface area contributed by atoms with Gasteiger partial charge in [-0.15, -0.1) is 0 Å². The summed E-state index contributed by atoms with van der Waals surface area (Å²) in [5.74, 6) is -2.40. The number of hydrogen-bond acceptors (Lipinski definition) is 2. The fourth-order valence-corrected chi connectivity index (χ4v) is 5.35. The van der Waals surface area contributed by atoms with Crippen LogP contribution in [0.4, 0.5) is 0 Å². The Morgan fingerprint density at radius 1 is 1.00 bits per heavy atom. The molecule has 0 fully saturated rings. The number of carboxylic acids is 2. The van der Waals surface area contributed by atoms with Crippen molar-refractivity contribution in [1.29, 1.82) is 0 Å². The van der Waals surface area contributed by atoms with Gasteiger partial charge in [-0.2, -0.15) is 0 Å². The van der Waals surface area contributed by atoms with Gasteiger partial charge < -0.3 is 10.2 Å². The number of aliphatic carboxylic acids is 2. The van der Waals surface area contributed by atoms with E-state index in [1.165, 1.54) is 25.7 Å². The summed E-state index contributed by atoms with van der Waals surface area (Å²) in [6.45, 7) is 6.17. The molecule has 0 bridgehead atoms. The molecule has 5 heteroatoms. The normalized spacial score (nSPS) is 10.6. The van der Waals surface area contributed by atoms with Crippen LogP contribution in [0, 0.1) is 0 Å². The van der Waals surface area contributed by atoms with Crippen LogP contribution >= 0.6 is 0 Å². The molecule has 2 radical (unpaired) electrons. The van der Waals surface area contributed by atoms with Gasteiger partial charge in [0.2, 0.25) is 0 Å². The second-order valence-corrected chi connectivity index (χ2v) is 8.40. The van der Waals surface area contributed by atoms with Crippen LogP contribution in [0.2, 0.25) is 8.87 Å². The first kappa shape index (κ1) is 20.8. The minimum absolute atomic E-state index is 0.0903. The van der Waals surface area contributed by atoms with E-state index in [1.807, 2.05) is 0 Å². The van der Waals surface area contributed by atoms with Gasteiger partial charge in [0.15, 0.2) is 0 Å². The van der Waals surface area contributed by atoms with Crippen molar-refractivity contribution in [3.8, 4) is 0 Å². The second-order valence-electron chi connectivity index (χ2n) is 4.12. The van der Waals surface area contributed by atoms with Crippen LogP contribution in [0.15, 0.2) is 11.6 Å². The quantitative estimate of drug-likeness (QED) is 0.366. The van der Waals surface area contributed by atoms with Crippen LogP contribution < -0.4 is 0 Å². The van der Waals surface area contributed by atoms with Crippen LogP contribution in [0.1, 0.15) is 52.9 Å². The molecule has 0 atom stereocenters. The Kier molecular flexibility index (Phi) is 17.0. The first-order valence-corrected chi connectivity index (χ1v) is 10.9. The Balaban J connectivity index is 0. The third kappa shape index (κ3) is 17.5. The second kappa shape index (κ2) is 15.5. The molecular formula is C14H26O4Sn. The number of unbranched alkanes of at least 4 members (excludes halogenated alkanes) is 2. The van der Waals surface area contributed by atoms with Crippen molar-refractivity contribution >= 4 is 33.1 Å². The zero-order chi connectivity index (χ0) is 15.1. The van der Waals surface area contributed by atoms with E-state index in [9.17, 15) is 9.59 Å². The molecule has 0 saturated heterocycles. The molecule has 0 unspecified atom stereocenters. The van der Waals surface area contributed by atoms with E-state index in [0.29, 0.717) is 6.08 Å². The summed E-state index contributed by atoms with van der Waals surface area (Å²) in [4.78, 5) is 20.1. The molecular weight excluding hydrogens is 351 g/mol. The average Bonchev–Trinajstić information content (AvgIpc) is 2.36. The van der Waals surface area contributed by atoms with E-state index in [1.54, 1.807) is 15.8 Å². The molecule has 110 valence electrons. The van der Waals surface area contributed by atoms with Crippen LogP contribution in [0.5, 0.6) is 0 Å². The van der Waals surface area contributed by atoms with E-state index in [4.69, 9.17) is 10.2 Å². The summed E-state index contributed by atoms with van der Waals surface area (Å²) in [7, 11) is 0. The zero-order valence-electron chi connectivity index (χ0n) is 12.2. The maximum absolute atomic E-state index is 10.1. The van der Waals surface area contributed by atoms with Gasteiger partial charge >= 0.3 is 81.5 Å². The Morgan fingerprint density at radius 2 is 1.47 bits per heavy atom. The molecule has 0 aliphatic heterocycles. The third-order valence-electron chi connectivity index (χ3n) is 2.37. The van der Waals surface area contributed by atoms with Gasteiger partial charge in [0.05, 0.1) is 0 Å². The molecule has 0 aliphatic rings.